The number of hydrogen-bond acceptors (Lipinski definition) is 4. The van der Waals surface area contributed by atoms with Crippen LogP contribution in [0.5, 0.6) is 0 Å². The minimum Gasteiger partial charge on any atom is -0.451 e. The Balaban J connectivity index is 1.15. The fraction of sp³-hybridized carbons (Fsp3) is 0. The zero-order valence-electron chi connectivity index (χ0n) is 19.0. The van der Waals surface area contributed by atoms with Crippen LogP contribution >= 0.6 is 12.2 Å². The number of hydrogen-bond donors (Lipinski definition) is 3. The van der Waals surface area contributed by atoms with E-state index in [1.807, 2.05) is 66.7 Å². The first-order chi connectivity index (χ1) is 17.5. The van der Waals surface area contributed by atoms with Crippen molar-refractivity contribution in [3.05, 3.63) is 121 Å². The Morgan fingerprint density at radius 1 is 0.639 bits per heavy atom. The number of furan rings is 1. The first-order valence-electron chi connectivity index (χ1n) is 11.2. The third-order valence-electron chi connectivity index (χ3n) is 5.53. The average Bonchev–Trinajstić information content (AvgIpc) is 3.35. The van der Waals surface area contributed by atoms with E-state index in [9.17, 15) is 9.59 Å². The highest BCUT2D eigenvalue weighted by molar-refractivity contribution is 7.80. The zero-order chi connectivity index (χ0) is 24.9. The molecule has 0 unspecified atom stereocenters. The van der Waals surface area contributed by atoms with Crippen LogP contribution in [0.3, 0.4) is 0 Å². The van der Waals surface area contributed by atoms with Gasteiger partial charge in [0.05, 0.1) is 0 Å². The summed E-state index contributed by atoms with van der Waals surface area (Å²) in [5.41, 5.74) is 4.53. The number of amides is 2. The third-order valence-corrected chi connectivity index (χ3v) is 5.74. The van der Waals surface area contributed by atoms with Crippen LogP contribution in [0.25, 0.3) is 22.1 Å². The van der Waals surface area contributed by atoms with E-state index in [0.29, 0.717) is 22.5 Å². The summed E-state index contributed by atoms with van der Waals surface area (Å²) in [6.45, 7) is 0. The van der Waals surface area contributed by atoms with E-state index >= 15 is 0 Å². The van der Waals surface area contributed by atoms with Crippen molar-refractivity contribution in [1.29, 1.82) is 0 Å². The molecule has 1 heterocycles. The van der Waals surface area contributed by atoms with Crippen molar-refractivity contribution in [1.82, 2.24) is 5.32 Å². The number of anilines is 2. The lowest BCUT2D eigenvalue weighted by molar-refractivity contribution is 0.0975. The number of fused-ring (bicyclic) bond motifs is 1. The van der Waals surface area contributed by atoms with E-state index in [0.717, 1.165) is 16.5 Å². The molecule has 3 N–H and O–H groups in total. The van der Waals surface area contributed by atoms with Gasteiger partial charge in [0.1, 0.15) is 5.58 Å². The standard InChI is InChI=1S/C29H21N3O3S/c33-27(21-12-10-20(11-13-21)19-6-2-1-3-7-19)32-29(36)31-24-16-14-23(15-17-24)30-28(34)26-18-22-8-4-5-9-25(22)35-26/h1-18H,(H,30,34)(H2,31,32,33,36). The van der Waals surface area contributed by atoms with Crippen molar-refractivity contribution >= 4 is 51.5 Å². The molecular weight excluding hydrogens is 470 g/mol. The normalized spacial score (nSPS) is 10.6. The highest BCUT2D eigenvalue weighted by Crippen LogP contribution is 2.21. The largest absolute Gasteiger partial charge is 0.451 e. The van der Waals surface area contributed by atoms with Gasteiger partial charge in [-0.2, -0.15) is 0 Å². The van der Waals surface area contributed by atoms with E-state index in [1.54, 1.807) is 42.5 Å². The van der Waals surface area contributed by atoms with Crippen LogP contribution in [-0.2, 0) is 0 Å². The van der Waals surface area contributed by atoms with Gasteiger partial charge in [0.2, 0.25) is 0 Å². The molecule has 0 aliphatic carbocycles. The summed E-state index contributed by atoms with van der Waals surface area (Å²) in [5, 5.41) is 9.51. The van der Waals surface area contributed by atoms with Gasteiger partial charge in [0.15, 0.2) is 10.9 Å². The first kappa shape index (κ1) is 23.0. The predicted octanol–water partition coefficient (Wildman–Crippen LogP) is 6.48. The summed E-state index contributed by atoms with van der Waals surface area (Å²) < 4.78 is 5.60. The Morgan fingerprint density at radius 2 is 1.25 bits per heavy atom. The Labute approximate surface area is 213 Å². The quantitative estimate of drug-likeness (QED) is 0.245. The van der Waals surface area contributed by atoms with Gasteiger partial charge >= 0.3 is 0 Å². The molecule has 0 fully saturated rings. The number of nitrogens with one attached hydrogen (secondary N) is 3. The second-order valence-corrected chi connectivity index (χ2v) is 8.44. The molecule has 0 spiro atoms. The van der Waals surface area contributed by atoms with Crippen molar-refractivity contribution < 1.29 is 14.0 Å². The molecule has 36 heavy (non-hydrogen) atoms. The van der Waals surface area contributed by atoms with Gasteiger partial charge in [-0.25, -0.2) is 0 Å². The summed E-state index contributed by atoms with van der Waals surface area (Å²) in [7, 11) is 0. The zero-order valence-corrected chi connectivity index (χ0v) is 19.8. The molecule has 0 aliphatic heterocycles. The van der Waals surface area contributed by atoms with Crippen molar-refractivity contribution in [3.8, 4) is 11.1 Å². The molecule has 0 saturated heterocycles. The first-order valence-corrected chi connectivity index (χ1v) is 11.6. The minimum atomic E-state index is -0.340. The molecule has 2 amide bonds. The summed E-state index contributed by atoms with van der Waals surface area (Å²) in [6, 6.07) is 33.4. The topological polar surface area (TPSA) is 83.4 Å². The maximum Gasteiger partial charge on any atom is 0.291 e. The molecule has 0 radical (unpaired) electrons. The highest BCUT2D eigenvalue weighted by atomic mass is 32.1. The van der Waals surface area contributed by atoms with Gasteiger partial charge in [0, 0.05) is 22.3 Å². The number of carbonyl (C=O) groups excluding carboxylic acids is 2. The molecule has 5 rings (SSSR count). The minimum absolute atomic E-state index is 0.172. The second-order valence-electron chi connectivity index (χ2n) is 8.03. The van der Waals surface area contributed by atoms with Gasteiger partial charge in [0.25, 0.3) is 11.8 Å². The number of para-hydroxylation sites is 1. The van der Waals surface area contributed by atoms with Gasteiger partial charge in [-0.05, 0) is 71.9 Å². The molecule has 4 aromatic carbocycles. The van der Waals surface area contributed by atoms with Crippen LogP contribution in [0, 0.1) is 0 Å². The average molecular weight is 492 g/mol. The van der Waals surface area contributed by atoms with Crippen LogP contribution in [0.4, 0.5) is 11.4 Å². The van der Waals surface area contributed by atoms with Crippen molar-refractivity contribution in [2.75, 3.05) is 10.6 Å². The summed E-state index contributed by atoms with van der Waals surface area (Å²) in [5.74, 6) is -0.408. The SMILES string of the molecule is O=C(NC(=S)Nc1ccc(NC(=O)c2cc3ccccc3o2)cc1)c1ccc(-c2ccccc2)cc1. The fourth-order valence-electron chi connectivity index (χ4n) is 3.71. The molecule has 0 atom stereocenters. The molecule has 0 bridgehead atoms. The monoisotopic (exact) mass is 491 g/mol. The lowest BCUT2D eigenvalue weighted by atomic mass is 10.0. The van der Waals surface area contributed by atoms with Gasteiger partial charge in [-0.3, -0.25) is 14.9 Å². The van der Waals surface area contributed by atoms with Crippen LogP contribution in [-0.4, -0.2) is 16.9 Å². The van der Waals surface area contributed by atoms with Crippen molar-refractivity contribution in [2.24, 2.45) is 0 Å². The van der Waals surface area contributed by atoms with Gasteiger partial charge in [-0.1, -0.05) is 60.7 Å². The van der Waals surface area contributed by atoms with E-state index in [2.05, 4.69) is 16.0 Å². The van der Waals surface area contributed by atoms with Crippen LogP contribution in [0.2, 0.25) is 0 Å². The molecule has 1 aromatic heterocycles. The summed E-state index contributed by atoms with van der Waals surface area (Å²) in [4.78, 5) is 25.1. The molecular formula is C29H21N3O3S. The van der Waals surface area contributed by atoms with Gasteiger partial charge < -0.3 is 15.1 Å². The molecule has 176 valence electrons. The predicted molar refractivity (Wildman–Crippen MR) is 146 cm³/mol. The highest BCUT2D eigenvalue weighted by Gasteiger charge is 2.13. The maximum absolute atomic E-state index is 12.6. The molecule has 0 aliphatic rings. The lowest BCUT2D eigenvalue weighted by Gasteiger charge is -2.11. The van der Waals surface area contributed by atoms with Crippen LogP contribution in [0.1, 0.15) is 20.9 Å². The Kier molecular flexibility index (Phi) is 6.55. The van der Waals surface area contributed by atoms with E-state index in [-0.39, 0.29) is 22.7 Å². The maximum atomic E-state index is 12.6. The molecule has 5 aromatic rings. The van der Waals surface area contributed by atoms with Crippen LogP contribution in [0.15, 0.2) is 114 Å². The molecule has 6 nitrogen and oxygen atoms in total. The van der Waals surface area contributed by atoms with Gasteiger partial charge in [-0.15, -0.1) is 0 Å². The smallest absolute Gasteiger partial charge is 0.291 e. The number of benzene rings is 4. The Morgan fingerprint density at radius 3 is 1.94 bits per heavy atom. The molecule has 7 heteroatoms. The molecule has 0 saturated carbocycles. The number of rotatable bonds is 5. The number of carbonyl (C=O) groups is 2. The van der Waals surface area contributed by atoms with E-state index < -0.39 is 0 Å². The summed E-state index contributed by atoms with van der Waals surface area (Å²) in [6.07, 6.45) is 0. The van der Waals surface area contributed by atoms with E-state index in [4.69, 9.17) is 16.6 Å². The fourth-order valence-corrected chi connectivity index (χ4v) is 3.92. The second kappa shape index (κ2) is 10.2. The Hall–Kier alpha value is -4.75. The number of thiocarbonyl (C=S) groups is 1. The Bertz CT molecular complexity index is 1510. The lowest BCUT2D eigenvalue weighted by Crippen LogP contribution is -2.34. The van der Waals surface area contributed by atoms with Crippen molar-refractivity contribution in [2.45, 2.75) is 0 Å². The third kappa shape index (κ3) is 5.32. The summed E-state index contributed by atoms with van der Waals surface area (Å²) >= 11 is 5.29. The van der Waals surface area contributed by atoms with Crippen molar-refractivity contribution in [3.63, 3.8) is 0 Å². The van der Waals surface area contributed by atoms with E-state index in [1.165, 1.54) is 0 Å². The van der Waals surface area contributed by atoms with Crippen LogP contribution < -0.4 is 16.0 Å².